The van der Waals surface area contributed by atoms with Crippen LogP contribution in [0.4, 0.5) is 0 Å². The topological polar surface area (TPSA) is 89.4 Å². The van der Waals surface area contributed by atoms with Crippen molar-refractivity contribution in [3.05, 3.63) is 58.7 Å². The molecule has 1 atom stereocenters. The lowest BCUT2D eigenvalue weighted by Gasteiger charge is -2.27. The van der Waals surface area contributed by atoms with Gasteiger partial charge in [0.15, 0.2) is 11.6 Å². The van der Waals surface area contributed by atoms with Gasteiger partial charge >= 0.3 is 5.63 Å². The molecule has 0 radical (unpaired) electrons. The number of hydrogen-bond acceptors (Lipinski definition) is 6. The average Bonchev–Trinajstić information content (AvgIpc) is 3.05. The highest BCUT2D eigenvalue weighted by atomic mass is 16.5. The van der Waals surface area contributed by atoms with Gasteiger partial charge in [0.2, 0.25) is 6.39 Å². The number of rotatable bonds is 2. The summed E-state index contributed by atoms with van der Waals surface area (Å²) in [6.07, 6.45) is 4.91. The zero-order chi connectivity index (χ0) is 17.2. The van der Waals surface area contributed by atoms with E-state index in [-0.39, 0.29) is 17.7 Å². The van der Waals surface area contributed by atoms with Crippen molar-refractivity contribution in [1.82, 2.24) is 15.0 Å². The summed E-state index contributed by atoms with van der Waals surface area (Å²) in [5.74, 6) is 0.206. The van der Waals surface area contributed by atoms with E-state index in [0.29, 0.717) is 23.1 Å². The SMILES string of the molecule is O=C(c1cc2ccccc2c(=O)o1)N1CCCCCC1c1ncon1. The zero-order valence-corrected chi connectivity index (χ0v) is 13.6. The van der Waals surface area contributed by atoms with Gasteiger partial charge in [-0.3, -0.25) is 4.79 Å². The van der Waals surface area contributed by atoms with Crippen LogP contribution in [-0.2, 0) is 0 Å². The molecule has 2 aromatic heterocycles. The molecule has 1 unspecified atom stereocenters. The van der Waals surface area contributed by atoms with Crippen LogP contribution < -0.4 is 5.63 Å². The van der Waals surface area contributed by atoms with Gasteiger partial charge in [0.25, 0.3) is 5.91 Å². The van der Waals surface area contributed by atoms with Gasteiger partial charge in [-0.25, -0.2) is 4.79 Å². The third-order valence-corrected chi connectivity index (χ3v) is 4.57. The Labute approximate surface area is 143 Å². The Morgan fingerprint density at radius 1 is 1.20 bits per heavy atom. The number of amides is 1. The van der Waals surface area contributed by atoms with E-state index in [1.165, 1.54) is 6.39 Å². The lowest BCUT2D eigenvalue weighted by atomic mass is 10.1. The van der Waals surface area contributed by atoms with E-state index >= 15 is 0 Å². The van der Waals surface area contributed by atoms with Gasteiger partial charge in [0.1, 0.15) is 0 Å². The molecule has 4 rings (SSSR count). The lowest BCUT2D eigenvalue weighted by molar-refractivity contribution is 0.0633. The summed E-state index contributed by atoms with van der Waals surface area (Å²) >= 11 is 0. The molecular formula is C18H17N3O4. The molecule has 3 aromatic rings. The number of fused-ring (bicyclic) bond motifs is 1. The Kier molecular flexibility index (Phi) is 4.05. The largest absolute Gasteiger partial charge is 0.417 e. The van der Waals surface area contributed by atoms with E-state index in [1.54, 1.807) is 29.2 Å². The van der Waals surface area contributed by atoms with Crippen LogP contribution in [0.1, 0.15) is 48.1 Å². The van der Waals surface area contributed by atoms with Crippen molar-refractivity contribution in [2.24, 2.45) is 0 Å². The molecule has 0 saturated carbocycles. The Bertz CT molecular complexity index is 948. The summed E-state index contributed by atoms with van der Waals surface area (Å²) in [5.41, 5.74) is -0.507. The van der Waals surface area contributed by atoms with E-state index in [2.05, 4.69) is 10.1 Å². The van der Waals surface area contributed by atoms with Crippen LogP contribution in [0.3, 0.4) is 0 Å². The van der Waals surface area contributed by atoms with Crippen LogP contribution in [-0.4, -0.2) is 27.5 Å². The predicted octanol–water partition coefficient (Wildman–Crippen LogP) is 2.93. The minimum atomic E-state index is -0.507. The molecule has 0 spiro atoms. The first-order chi connectivity index (χ1) is 12.2. The fourth-order valence-corrected chi connectivity index (χ4v) is 3.33. The van der Waals surface area contributed by atoms with Crippen molar-refractivity contribution >= 4 is 16.7 Å². The summed E-state index contributed by atoms with van der Waals surface area (Å²) in [6, 6.07) is 8.42. The molecule has 0 N–H and O–H groups in total. The lowest BCUT2D eigenvalue weighted by Crippen LogP contribution is -2.35. The van der Waals surface area contributed by atoms with E-state index in [9.17, 15) is 9.59 Å². The maximum Gasteiger partial charge on any atom is 0.344 e. The second-order valence-corrected chi connectivity index (χ2v) is 6.14. The first kappa shape index (κ1) is 15.6. The third kappa shape index (κ3) is 2.93. The first-order valence-electron chi connectivity index (χ1n) is 8.34. The van der Waals surface area contributed by atoms with Crippen molar-refractivity contribution in [3.8, 4) is 0 Å². The third-order valence-electron chi connectivity index (χ3n) is 4.57. The molecule has 1 saturated heterocycles. The van der Waals surface area contributed by atoms with Gasteiger partial charge in [-0.15, -0.1) is 0 Å². The first-order valence-corrected chi connectivity index (χ1v) is 8.34. The average molecular weight is 339 g/mol. The van der Waals surface area contributed by atoms with Crippen LogP contribution in [0.25, 0.3) is 10.8 Å². The number of benzene rings is 1. The predicted molar refractivity (Wildman–Crippen MR) is 89.0 cm³/mol. The second kappa shape index (κ2) is 6.51. The summed E-state index contributed by atoms with van der Waals surface area (Å²) in [5, 5.41) is 5.05. The zero-order valence-electron chi connectivity index (χ0n) is 13.6. The standard InChI is InChI=1S/C18H17N3O4/c22-17(15-10-12-6-3-4-7-13(12)18(23)25-15)21-9-5-1-2-8-14(21)16-19-11-24-20-16/h3-4,6-7,10-11,14H,1-2,5,8-9H2. The molecule has 7 heteroatoms. The molecule has 1 amide bonds. The maximum absolute atomic E-state index is 13.1. The fraction of sp³-hybridized carbons (Fsp3) is 0.333. The normalized spacial score (nSPS) is 18.2. The van der Waals surface area contributed by atoms with E-state index in [1.807, 2.05) is 6.07 Å². The molecule has 7 nitrogen and oxygen atoms in total. The Hall–Kier alpha value is -2.96. The maximum atomic E-state index is 13.1. The van der Waals surface area contributed by atoms with Gasteiger partial charge in [-0.05, 0) is 30.4 Å². The molecule has 0 aliphatic carbocycles. The second-order valence-electron chi connectivity index (χ2n) is 6.14. The van der Waals surface area contributed by atoms with Gasteiger partial charge in [0.05, 0.1) is 11.4 Å². The van der Waals surface area contributed by atoms with Gasteiger partial charge in [0, 0.05) is 6.54 Å². The van der Waals surface area contributed by atoms with Crippen LogP contribution in [0.15, 0.2) is 50.5 Å². The Morgan fingerprint density at radius 3 is 2.92 bits per heavy atom. The van der Waals surface area contributed by atoms with Crippen molar-refractivity contribution in [1.29, 1.82) is 0 Å². The minimum absolute atomic E-state index is 0.0408. The molecule has 1 aliphatic rings. The van der Waals surface area contributed by atoms with Gasteiger partial charge in [-0.1, -0.05) is 36.2 Å². The summed E-state index contributed by atoms with van der Waals surface area (Å²) in [6.45, 7) is 0.564. The highest BCUT2D eigenvalue weighted by Crippen LogP contribution is 2.29. The van der Waals surface area contributed by atoms with Crippen LogP contribution in [0.5, 0.6) is 0 Å². The summed E-state index contributed by atoms with van der Waals surface area (Å²) in [4.78, 5) is 31.0. The van der Waals surface area contributed by atoms with Crippen LogP contribution >= 0.6 is 0 Å². The number of hydrogen-bond donors (Lipinski definition) is 0. The van der Waals surface area contributed by atoms with Crippen LogP contribution in [0.2, 0.25) is 0 Å². The van der Waals surface area contributed by atoms with Crippen LogP contribution in [0, 0.1) is 0 Å². The highest BCUT2D eigenvalue weighted by molar-refractivity contribution is 5.95. The minimum Gasteiger partial charge on any atom is -0.417 e. The molecule has 1 aromatic carbocycles. The monoisotopic (exact) mass is 339 g/mol. The van der Waals surface area contributed by atoms with Crippen molar-refractivity contribution in [2.45, 2.75) is 31.7 Å². The number of carbonyl (C=O) groups excluding carboxylic acids is 1. The molecule has 1 fully saturated rings. The smallest absolute Gasteiger partial charge is 0.344 e. The molecule has 25 heavy (non-hydrogen) atoms. The summed E-state index contributed by atoms with van der Waals surface area (Å²) in [7, 11) is 0. The van der Waals surface area contributed by atoms with E-state index in [0.717, 1.165) is 25.7 Å². The number of likely N-dealkylation sites (tertiary alicyclic amines) is 1. The van der Waals surface area contributed by atoms with Gasteiger partial charge < -0.3 is 13.8 Å². The molecule has 3 heterocycles. The van der Waals surface area contributed by atoms with Crippen molar-refractivity contribution in [3.63, 3.8) is 0 Å². The van der Waals surface area contributed by atoms with E-state index in [4.69, 9.17) is 8.94 Å². The van der Waals surface area contributed by atoms with Gasteiger partial charge in [-0.2, -0.15) is 4.98 Å². The fourth-order valence-electron chi connectivity index (χ4n) is 3.33. The Balaban J connectivity index is 1.74. The number of aromatic nitrogens is 2. The molecule has 0 bridgehead atoms. The highest BCUT2D eigenvalue weighted by Gasteiger charge is 2.31. The quantitative estimate of drug-likeness (QED) is 0.713. The molecule has 128 valence electrons. The van der Waals surface area contributed by atoms with Crippen molar-refractivity contribution < 1.29 is 13.7 Å². The summed E-state index contributed by atoms with van der Waals surface area (Å²) < 4.78 is 10.1. The number of carbonyl (C=O) groups is 1. The molecule has 1 aliphatic heterocycles. The number of nitrogens with zero attached hydrogens (tertiary/aromatic N) is 3. The van der Waals surface area contributed by atoms with Crippen molar-refractivity contribution in [2.75, 3.05) is 6.54 Å². The molecular weight excluding hydrogens is 322 g/mol. The van der Waals surface area contributed by atoms with E-state index < -0.39 is 5.63 Å². The Morgan fingerprint density at radius 2 is 2.08 bits per heavy atom.